The molecule has 7 heteroatoms. The van der Waals surface area contributed by atoms with Gasteiger partial charge < -0.3 is 5.32 Å². The topological polar surface area (TPSA) is 96.9 Å². The lowest BCUT2D eigenvalue weighted by molar-refractivity contribution is -0.114. The largest absolute Gasteiger partial charge is 0.322 e. The van der Waals surface area contributed by atoms with Crippen LogP contribution in [-0.4, -0.2) is 26.8 Å². The van der Waals surface area contributed by atoms with Crippen LogP contribution in [0, 0.1) is 0 Å². The van der Waals surface area contributed by atoms with Crippen molar-refractivity contribution in [3.8, 4) is 11.3 Å². The van der Waals surface area contributed by atoms with E-state index in [1.807, 2.05) is 12.1 Å². The Labute approximate surface area is 144 Å². The molecule has 0 saturated heterocycles. The number of rotatable bonds is 4. The maximum atomic E-state index is 12.2. The van der Waals surface area contributed by atoms with Gasteiger partial charge in [0.25, 0.3) is 5.91 Å². The van der Waals surface area contributed by atoms with Gasteiger partial charge in [-0.2, -0.15) is 0 Å². The maximum absolute atomic E-state index is 12.2. The predicted molar refractivity (Wildman–Crippen MR) is 94.0 cm³/mol. The highest BCUT2D eigenvalue weighted by atomic mass is 16.2. The van der Waals surface area contributed by atoms with E-state index < -0.39 is 0 Å². The lowest BCUT2D eigenvalue weighted by Gasteiger charge is -2.08. The van der Waals surface area contributed by atoms with Crippen molar-refractivity contribution in [2.75, 3.05) is 10.6 Å². The molecule has 0 unspecified atom stereocenters. The molecule has 2 amide bonds. The lowest BCUT2D eigenvalue weighted by Crippen LogP contribution is -2.12. The SMILES string of the molecule is CC(=O)Nc1nccc(-c2cccc(NC(=O)c3cccnc3)c2)n1. The van der Waals surface area contributed by atoms with Crippen LogP contribution in [0.25, 0.3) is 11.3 Å². The standard InChI is InChI=1S/C18H15N5O2/c1-12(24)21-18-20-9-7-16(23-18)13-4-2-6-15(10-13)22-17(25)14-5-3-8-19-11-14/h2-11H,1H3,(H,22,25)(H,20,21,23,24). The van der Waals surface area contributed by atoms with Gasteiger partial charge in [0.1, 0.15) is 0 Å². The van der Waals surface area contributed by atoms with Crippen LogP contribution in [0.5, 0.6) is 0 Å². The molecule has 1 aromatic carbocycles. The summed E-state index contributed by atoms with van der Waals surface area (Å²) < 4.78 is 0. The highest BCUT2D eigenvalue weighted by Crippen LogP contribution is 2.21. The van der Waals surface area contributed by atoms with Crippen molar-refractivity contribution >= 4 is 23.5 Å². The number of hydrogen-bond donors (Lipinski definition) is 2. The molecule has 0 aliphatic rings. The van der Waals surface area contributed by atoms with E-state index >= 15 is 0 Å². The van der Waals surface area contributed by atoms with Crippen molar-refractivity contribution < 1.29 is 9.59 Å². The predicted octanol–water partition coefficient (Wildman–Crippen LogP) is 2.75. The van der Waals surface area contributed by atoms with Gasteiger partial charge in [-0.15, -0.1) is 0 Å². The van der Waals surface area contributed by atoms with E-state index in [4.69, 9.17) is 0 Å². The molecule has 124 valence electrons. The number of aromatic nitrogens is 3. The summed E-state index contributed by atoms with van der Waals surface area (Å²) in [6.45, 7) is 1.39. The second-order valence-corrected chi connectivity index (χ2v) is 5.22. The molecule has 7 nitrogen and oxygen atoms in total. The zero-order valence-electron chi connectivity index (χ0n) is 13.4. The molecule has 2 N–H and O–H groups in total. The molecule has 25 heavy (non-hydrogen) atoms. The Balaban J connectivity index is 1.82. The maximum Gasteiger partial charge on any atom is 0.257 e. The van der Waals surface area contributed by atoms with Crippen molar-refractivity contribution in [3.63, 3.8) is 0 Å². The summed E-state index contributed by atoms with van der Waals surface area (Å²) in [5.74, 6) is -0.253. The Bertz CT molecular complexity index is 912. The van der Waals surface area contributed by atoms with Crippen LogP contribution in [0.4, 0.5) is 11.6 Å². The first-order valence-corrected chi connectivity index (χ1v) is 7.54. The van der Waals surface area contributed by atoms with Gasteiger partial charge in [-0.1, -0.05) is 12.1 Å². The molecule has 0 saturated carbocycles. The van der Waals surface area contributed by atoms with Crippen LogP contribution in [0.3, 0.4) is 0 Å². The second-order valence-electron chi connectivity index (χ2n) is 5.22. The molecule has 0 aliphatic carbocycles. The van der Waals surface area contributed by atoms with Crippen molar-refractivity contribution in [2.45, 2.75) is 6.92 Å². The molecule has 0 atom stereocenters. The minimum Gasteiger partial charge on any atom is -0.322 e. The van der Waals surface area contributed by atoms with Gasteiger partial charge in [-0.3, -0.25) is 19.9 Å². The first kappa shape index (κ1) is 16.3. The number of pyridine rings is 1. The monoisotopic (exact) mass is 333 g/mol. The van der Waals surface area contributed by atoms with Gasteiger partial charge in [0.15, 0.2) is 0 Å². The molecule has 0 radical (unpaired) electrons. The molecule has 0 aliphatic heterocycles. The molecule has 3 rings (SSSR count). The molecule has 0 bridgehead atoms. The minimum absolute atomic E-state index is 0.231. The van der Waals surface area contributed by atoms with Crippen molar-refractivity contribution in [1.82, 2.24) is 15.0 Å². The fourth-order valence-corrected chi connectivity index (χ4v) is 2.19. The third-order valence-corrected chi connectivity index (χ3v) is 3.28. The van der Waals surface area contributed by atoms with E-state index in [0.29, 0.717) is 16.9 Å². The number of nitrogens with one attached hydrogen (secondary N) is 2. The number of amides is 2. The van der Waals surface area contributed by atoms with Crippen LogP contribution in [0.1, 0.15) is 17.3 Å². The average molecular weight is 333 g/mol. The molecule has 2 aromatic heterocycles. The summed E-state index contributed by atoms with van der Waals surface area (Å²) in [4.78, 5) is 35.6. The quantitative estimate of drug-likeness (QED) is 0.765. The highest BCUT2D eigenvalue weighted by Gasteiger charge is 2.08. The van der Waals surface area contributed by atoms with Crippen molar-refractivity contribution in [2.24, 2.45) is 0 Å². The third kappa shape index (κ3) is 4.23. The molecule has 0 fully saturated rings. The molecular formula is C18H15N5O2. The number of anilines is 2. The Morgan fingerprint density at radius 3 is 2.64 bits per heavy atom. The van der Waals surface area contributed by atoms with Crippen molar-refractivity contribution in [3.05, 3.63) is 66.6 Å². The van der Waals surface area contributed by atoms with Crippen molar-refractivity contribution in [1.29, 1.82) is 0 Å². The van der Waals surface area contributed by atoms with Gasteiger partial charge in [-0.05, 0) is 30.3 Å². The zero-order valence-corrected chi connectivity index (χ0v) is 13.4. The minimum atomic E-state index is -0.244. The Morgan fingerprint density at radius 2 is 1.88 bits per heavy atom. The van der Waals surface area contributed by atoms with E-state index in [0.717, 1.165) is 5.56 Å². The molecule has 3 aromatic rings. The van der Waals surface area contributed by atoms with Gasteiger partial charge >= 0.3 is 0 Å². The summed E-state index contributed by atoms with van der Waals surface area (Å²) in [7, 11) is 0. The first-order valence-electron chi connectivity index (χ1n) is 7.54. The van der Waals surface area contributed by atoms with Crippen LogP contribution in [0.15, 0.2) is 61.1 Å². The summed E-state index contributed by atoms with van der Waals surface area (Å²) in [6, 6.07) is 12.4. The summed E-state index contributed by atoms with van der Waals surface area (Å²) in [6.07, 6.45) is 4.68. The molecule has 0 spiro atoms. The van der Waals surface area contributed by atoms with Crippen LogP contribution in [-0.2, 0) is 4.79 Å². The Morgan fingerprint density at radius 1 is 1.00 bits per heavy atom. The summed E-state index contributed by atoms with van der Waals surface area (Å²) in [5, 5.41) is 5.37. The smallest absolute Gasteiger partial charge is 0.257 e. The fraction of sp³-hybridized carbons (Fsp3) is 0.0556. The molecular weight excluding hydrogens is 318 g/mol. The third-order valence-electron chi connectivity index (χ3n) is 3.28. The van der Waals surface area contributed by atoms with Crippen LogP contribution in [0.2, 0.25) is 0 Å². The first-order chi connectivity index (χ1) is 12.1. The number of carbonyl (C=O) groups excluding carboxylic acids is 2. The Hall–Kier alpha value is -3.61. The number of benzene rings is 1. The van der Waals surface area contributed by atoms with E-state index in [1.54, 1.807) is 42.7 Å². The highest BCUT2D eigenvalue weighted by molar-refractivity contribution is 6.04. The normalized spacial score (nSPS) is 10.1. The van der Waals surface area contributed by atoms with E-state index in [2.05, 4.69) is 25.6 Å². The summed E-state index contributed by atoms with van der Waals surface area (Å²) >= 11 is 0. The Kier molecular flexibility index (Phi) is 4.75. The second kappa shape index (κ2) is 7.31. The van der Waals surface area contributed by atoms with Gasteiger partial charge in [0, 0.05) is 36.8 Å². The summed E-state index contributed by atoms with van der Waals surface area (Å²) in [5.41, 5.74) is 2.53. The van der Waals surface area contributed by atoms with Crippen LogP contribution >= 0.6 is 0 Å². The number of hydrogen-bond acceptors (Lipinski definition) is 5. The van der Waals surface area contributed by atoms with E-state index in [1.165, 1.54) is 13.1 Å². The van der Waals surface area contributed by atoms with Crippen LogP contribution < -0.4 is 10.6 Å². The van der Waals surface area contributed by atoms with Gasteiger partial charge in [0.05, 0.1) is 11.3 Å². The van der Waals surface area contributed by atoms with Gasteiger partial charge in [0.2, 0.25) is 11.9 Å². The number of carbonyl (C=O) groups is 2. The van der Waals surface area contributed by atoms with E-state index in [9.17, 15) is 9.59 Å². The number of nitrogens with zero attached hydrogens (tertiary/aromatic N) is 3. The fourth-order valence-electron chi connectivity index (χ4n) is 2.19. The zero-order chi connectivity index (χ0) is 17.6. The lowest BCUT2D eigenvalue weighted by atomic mass is 10.1. The average Bonchev–Trinajstić information content (AvgIpc) is 2.62. The molecule has 2 heterocycles. The van der Waals surface area contributed by atoms with Gasteiger partial charge in [-0.25, -0.2) is 9.97 Å². The van der Waals surface area contributed by atoms with E-state index in [-0.39, 0.29) is 17.8 Å².